The minimum absolute atomic E-state index is 0.00264. The molecule has 0 saturated heterocycles. The van der Waals surface area contributed by atoms with E-state index in [0.29, 0.717) is 18.7 Å². The van der Waals surface area contributed by atoms with Gasteiger partial charge in [-0.15, -0.1) is 0 Å². The summed E-state index contributed by atoms with van der Waals surface area (Å²) in [6, 6.07) is 8.01. The molecule has 0 atom stereocenters. The molecule has 0 aliphatic carbocycles. The summed E-state index contributed by atoms with van der Waals surface area (Å²) in [5, 5.41) is 4.32. The van der Waals surface area contributed by atoms with Crippen LogP contribution in [0.2, 0.25) is 0 Å². The predicted octanol–water partition coefficient (Wildman–Crippen LogP) is 1.71. The van der Waals surface area contributed by atoms with Gasteiger partial charge in [0.15, 0.2) is 0 Å². The van der Waals surface area contributed by atoms with E-state index in [4.69, 9.17) is 5.73 Å². The Kier molecular flexibility index (Phi) is 4.75. The maximum absolute atomic E-state index is 12.5. The van der Waals surface area contributed by atoms with Gasteiger partial charge in [0.05, 0.1) is 11.3 Å². The first kappa shape index (κ1) is 15.3. The van der Waals surface area contributed by atoms with Crippen LogP contribution in [0.4, 0.5) is 0 Å². The third-order valence-corrected chi connectivity index (χ3v) is 3.50. The summed E-state index contributed by atoms with van der Waals surface area (Å²) in [6.07, 6.45) is 2.54. The number of amides is 1. The van der Waals surface area contributed by atoms with Gasteiger partial charge >= 0.3 is 0 Å². The number of hydrogen-bond donors (Lipinski definition) is 1. The molecule has 1 aromatic heterocycles. The highest BCUT2D eigenvalue weighted by Crippen LogP contribution is 2.13. The Balaban J connectivity index is 2.11. The van der Waals surface area contributed by atoms with Crippen LogP contribution in [0.5, 0.6) is 0 Å². The van der Waals surface area contributed by atoms with Gasteiger partial charge in [-0.05, 0) is 17.5 Å². The molecule has 1 amide bonds. The fraction of sp³-hybridized carbons (Fsp3) is 0.375. The summed E-state index contributed by atoms with van der Waals surface area (Å²) >= 11 is 0. The lowest BCUT2D eigenvalue weighted by Crippen LogP contribution is -2.26. The summed E-state index contributed by atoms with van der Waals surface area (Å²) in [5.74, 6) is 0.00264. The zero-order valence-corrected chi connectivity index (χ0v) is 12.8. The van der Waals surface area contributed by atoms with Gasteiger partial charge in [0.25, 0.3) is 5.91 Å². The lowest BCUT2D eigenvalue weighted by Gasteiger charge is -2.17. The Labute approximate surface area is 125 Å². The molecule has 2 N–H and O–H groups in total. The Morgan fingerprint density at radius 3 is 2.48 bits per heavy atom. The normalized spacial score (nSPS) is 10.7. The van der Waals surface area contributed by atoms with Gasteiger partial charge in [-0.25, -0.2) is 0 Å². The fourth-order valence-corrected chi connectivity index (χ4v) is 2.31. The van der Waals surface area contributed by atoms with Gasteiger partial charge in [-0.2, -0.15) is 5.10 Å². The van der Waals surface area contributed by atoms with Crippen LogP contribution in [0.3, 0.4) is 0 Å². The highest BCUT2D eigenvalue weighted by atomic mass is 16.2. The van der Waals surface area contributed by atoms with Crippen molar-refractivity contribution < 1.29 is 4.79 Å². The molecule has 0 aliphatic rings. The van der Waals surface area contributed by atoms with Crippen molar-refractivity contribution in [3.63, 3.8) is 0 Å². The summed E-state index contributed by atoms with van der Waals surface area (Å²) in [5.41, 5.74) is 9.29. The molecule has 5 nitrogen and oxygen atoms in total. The van der Waals surface area contributed by atoms with Gasteiger partial charge in [0.2, 0.25) is 0 Å². The topological polar surface area (TPSA) is 64.2 Å². The molecule has 1 aromatic carbocycles. The lowest BCUT2D eigenvalue weighted by atomic mass is 10.1. The second kappa shape index (κ2) is 6.54. The van der Waals surface area contributed by atoms with Crippen molar-refractivity contribution in [2.45, 2.75) is 26.4 Å². The van der Waals surface area contributed by atoms with E-state index >= 15 is 0 Å². The molecule has 2 rings (SSSR count). The number of nitrogens with zero attached hydrogens (tertiary/aromatic N) is 3. The van der Waals surface area contributed by atoms with E-state index in [9.17, 15) is 4.79 Å². The highest BCUT2D eigenvalue weighted by molar-refractivity contribution is 5.94. The lowest BCUT2D eigenvalue weighted by molar-refractivity contribution is 0.0784. The van der Waals surface area contributed by atoms with E-state index in [1.807, 2.05) is 45.3 Å². The number of benzene rings is 1. The third kappa shape index (κ3) is 3.49. The van der Waals surface area contributed by atoms with Crippen LogP contribution < -0.4 is 5.73 Å². The van der Waals surface area contributed by atoms with Crippen molar-refractivity contribution in [1.29, 1.82) is 0 Å². The van der Waals surface area contributed by atoms with Gasteiger partial charge in [0.1, 0.15) is 0 Å². The molecule has 0 bridgehead atoms. The third-order valence-electron chi connectivity index (χ3n) is 3.50. The molecule has 0 unspecified atom stereocenters. The van der Waals surface area contributed by atoms with Crippen molar-refractivity contribution in [2.24, 2.45) is 12.8 Å². The number of carbonyl (C=O) groups is 1. The first-order valence-electron chi connectivity index (χ1n) is 7.11. The van der Waals surface area contributed by atoms with Crippen molar-refractivity contribution in [3.05, 3.63) is 52.8 Å². The average molecular weight is 286 g/mol. The second-order valence-corrected chi connectivity index (χ2v) is 5.20. The van der Waals surface area contributed by atoms with Crippen LogP contribution in [0.1, 0.15) is 34.1 Å². The minimum atomic E-state index is 0.00264. The molecule has 21 heavy (non-hydrogen) atoms. The molecular formula is C16H22N4O. The fourth-order valence-electron chi connectivity index (χ4n) is 2.31. The molecular weight excluding hydrogens is 264 g/mol. The number of aryl methyl sites for hydroxylation is 2. The first-order valence-corrected chi connectivity index (χ1v) is 7.11. The number of carbonyl (C=O) groups excluding carboxylic acids is 1. The molecule has 1 heterocycles. The van der Waals surface area contributed by atoms with Crippen LogP contribution in [-0.4, -0.2) is 27.6 Å². The minimum Gasteiger partial charge on any atom is -0.337 e. The number of aromatic nitrogens is 2. The molecule has 2 aromatic rings. The average Bonchev–Trinajstić information content (AvgIpc) is 2.88. The summed E-state index contributed by atoms with van der Waals surface area (Å²) in [4.78, 5) is 14.2. The maximum Gasteiger partial charge on any atom is 0.257 e. The van der Waals surface area contributed by atoms with Gasteiger partial charge < -0.3 is 10.6 Å². The van der Waals surface area contributed by atoms with Crippen LogP contribution in [0.25, 0.3) is 0 Å². The highest BCUT2D eigenvalue weighted by Gasteiger charge is 2.18. The Morgan fingerprint density at radius 1 is 1.29 bits per heavy atom. The van der Waals surface area contributed by atoms with Crippen LogP contribution in [0.15, 0.2) is 30.5 Å². The van der Waals surface area contributed by atoms with Crippen LogP contribution >= 0.6 is 0 Å². The number of rotatable bonds is 5. The van der Waals surface area contributed by atoms with Crippen molar-refractivity contribution in [3.8, 4) is 0 Å². The van der Waals surface area contributed by atoms with Crippen molar-refractivity contribution in [1.82, 2.24) is 14.7 Å². The summed E-state index contributed by atoms with van der Waals surface area (Å²) in [6.45, 7) is 3.11. The Hall–Kier alpha value is -2.14. The first-order chi connectivity index (χ1) is 10.0. The smallest absolute Gasteiger partial charge is 0.257 e. The Bertz CT molecular complexity index is 616. The number of nitrogens with two attached hydrogens (primary N) is 1. The maximum atomic E-state index is 12.5. The summed E-state index contributed by atoms with van der Waals surface area (Å²) < 4.78 is 1.69. The Morgan fingerprint density at radius 2 is 1.90 bits per heavy atom. The van der Waals surface area contributed by atoms with E-state index in [1.165, 1.54) is 0 Å². The predicted molar refractivity (Wildman–Crippen MR) is 82.7 cm³/mol. The van der Waals surface area contributed by atoms with Crippen LogP contribution in [-0.2, 0) is 26.6 Å². The molecule has 0 radical (unpaired) electrons. The SMILES string of the molecule is CCc1nn(C)cc1C(=O)N(C)Cc1ccc(CN)cc1. The van der Waals surface area contributed by atoms with Crippen molar-refractivity contribution >= 4 is 5.91 Å². The van der Waals surface area contributed by atoms with Gasteiger partial charge in [-0.1, -0.05) is 31.2 Å². The number of hydrogen-bond acceptors (Lipinski definition) is 3. The molecule has 0 spiro atoms. The standard InChI is InChI=1S/C16H22N4O/c1-4-15-14(11-20(3)18-15)16(21)19(2)10-13-7-5-12(9-17)6-8-13/h5-8,11H,4,9-10,17H2,1-3H3. The second-order valence-electron chi connectivity index (χ2n) is 5.20. The molecule has 112 valence electrons. The monoisotopic (exact) mass is 286 g/mol. The molecule has 5 heteroatoms. The van der Waals surface area contributed by atoms with Gasteiger partial charge in [0, 0.05) is 33.4 Å². The van der Waals surface area contributed by atoms with E-state index in [1.54, 1.807) is 15.8 Å². The van der Waals surface area contributed by atoms with E-state index in [2.05, 4.69) is 5.10 Å². The molecule has 0 aliphatic heterocycles. The summed E-state index contributed by atoms with van der Waals surface area (Å²) in [7, 11) is 3.65. The molecule has 0 saturated carbocycles. The quantitative estimate of drug-likeness (QED) is 0.910. The van der Waals surface area contributed by atoms with Crippen LogP contribution in [0, 0.1) is 0 Å². The van der Waals surface area contributed by atoms with E-state index < -0.39 is 0 Å². The van der Waals surface area contributed by atoms with E-state index in [-0.39, 0.29) is 5.91 Å². The van der Waals surface area contributed by atoms with Crippen molar-refractivity contribution in [2.75, 3.05) is 7.05 Å². The van der Waals surface area contributed by atoms with Gasteiger partial charge in [-0.3, -0.25) is 9.48 Å². The zero-order chi connectivity index (χ0) is 15.4. The molecule has 0 fully saturated rings. The zero-order valence-electron chi connectivity index (χ0n) is 12.8. The van der Waals surface area contributed by atoms with E-state index in [0.717, 1.165) is 23.2 Å². The largest absolute Gasteiger partial charge is 0.337 e.